The van der Waals surface area contributed by atoms with E-state index in [1.165, 1.54) is 32.1 Å². The zero-order valence-corrected chi connectivity index (χ0v) is 22.5. The van der Waals surface area contributed by atoms with Crippen LogP contribution in [0.3, 0.4) is 0 Å². The summed E-state index contributed by atoms with van der Waals surface area (Å²) in [6.45, 7) is 7.33. The van der Waals surface area contributed by atoms with E-state index in [0.717, 1.165) is 46.6 Å². The van der Waals surface area contributed by atoms with Gasteiger partial charge in [0.2, 0.25) is 0 Å². The van der Waals surface area contributed by atoms with Gasteiger partial charge in [0.05, 0.1) is 24.2 Å². The van der Waals surface area contributed by atoms with E-state index in [1.807, 2.05) is 51.1 Å². The van der Waals surface area contributed by atoms with Crippen molar-refractivity contribution in [3.05, 3.63) is 46.4 Å². The van der Waals surface area contributed by atoms with Crippen LogP contribution in [0.5, 0.6) is 17.2 Å². The minimum atomic E-state index is -0.416. The van der Waals surface area contributed by atoms with Gasteiger partial charge in [0.1, 0.15) is 23.1 Å². The van der Waals surface area contributed by atoms with Crippen LogP contribution < -0.4 is 19.5 Å². The largest absolute Gasteiger partial charge is 0.497 e. The van der Waals surface area contributed by atoms with Gasteiger partial charge in [-0.1, -0.05) is 26.2 Å². The van der Waals surface area contributed by atoms with Gasteiger partial charge in [-0.05, 0) is 63.3 Å². The lowest BCUT2D eigenvalue weighted by molar-refractivity contribution is 0.196. The van der Waals surface area contributed by atoms with E-state index >= 15 is 0 Å². The normalized spacial score (nSPS) is 14.9. The minimum Gasteiger partial charge on any atom is -0.497 e. The molecule has 0 bridgehead atoms. The highest BCUT2D eigenvalue weighted by Crippen LogP contribution is 2.35. The van der Waals surface area contributed by atoms with Gasteiger partial charge in [-0.25, -0.2) is 9.78 Å². The molecule has 0 saturated heterocycles. The molecule has 1 aliphatic rings. The summed E-state index contributed by atoms with van der Waals surface area (Å²) in [7, 11) is 1.65. The third-order valence-corrected chi connectivity index (χ3v) is 7.72. The molecule has 36 heavy (non-hydrogen) atoms. The van der Waals surface area contributed by atoms with Crippen molar-refractivity contribution in [1.29, 1.82) is 0 Å². The highest BCUT2D eigenvalue weighted by atomic mass is 32.1. The van der Waals surface area contributed by atoms with Gasteiger partial charge >= 0.3 is 6.09 Å². The van der Waals surface area contributed by atoms with Crippen LogP contribution in [0.2, 0.25) is 0 Å². The second-order valence-corrected chi connectivity index (χ2v) is 10.5. The molecule has 3 aromatic rings. The summed E-state index contributed by atoms with van der Waals surface area (Å²) in [5.41, 5.74) is 2.82. The van der Waals surface area contributed by atoms with Crippen molar-refractivity contribution < 1.29 is 19.0 Å². The Morgan fingerprint density at radius 3 is 2.61 bits per heavy atom. The molecule has 1 aliphatic carbocycles. The van der Waals surface area contributed by atoms with Crippen LogP contribution in [-0.4, -0.2) is 28.8 Å². The molecule has 2 heterocycles. The van der Waals surface area contributed by atoms with Gasteiger partial charge in [-0.2, -0.15) is 0 Å². The summed E-state index contributed by atoms with van der Waals surface area (Å²) in [6, 6.07) is 9.55. The topological polar surface area (TPSA) is 74.6 Å². The van der Waals surface area contributed by atoms with Gasteiger partial charge in [-0.15, -0.1) is 11.3 Å². The molecule has 1 aromatic carbocycles. The summed E-state index contributed by atoms with van der Waals surface area (Å²) >= 11 is 1.57. The van der Waals surface area contributed by atoms with E-state index in [9.17, 15) is 4.79 Å². The lowest BCUT2D eigenvalue weighted by Gasteiger charge is -2.24. The number of methoxy groups -OCH3 is 1. The van der Waals surface area contributed by atoms with Gasteiger partial charge in [0, 0.05) is 24.0 Å². The molecule has 2 aromatic heterocycles. The fourth-order valence-electron chi connectivity index (χ4n) is 4.54. The van der Waals surface area contributed by atoms with Crippen molar-refractivity contribution in [3.8, 4) is 28.6 Å². The van der Waals surface area contributed by atoms with E-state index in [-0.39, 0.29) is 6.04 Å². The predicted octanol–water partition coefficient (Wildman–Crippen LogP) is 6.97. The van der Waals surface area contributed by atoms with Crippen molar-refractivity contribution in [2.75, 3.05) is 7.11 Å². The Labute approximate surface area is 217 Å². The average molecular weight is 512 g/mol. The molecular weight excluding hydrogens is 474 g/mol. The average Bonchev–Trinajstić information content (AvgIpc) is 3.48. The first-order valence-electron chi connectivity index (χ1n) is 12.9. The van der Waals surface area contributed by atoms with Crippen LogP contribution in [0.25, 0.3) is 11.4 Å². The Kier molecular flexibility index (Phi) is 8.91. The summed E-state index contributed by atoms with van der Waals surface area (Å²) in [4.78, 5) is 17.3. The maximum atomic E-state index is 12.5. The fourth-order valence-corrected chi connectivity index (χ4v) is 5.24. The van der Waals surface area contributed by atoms with E-state index in [1.54, 1.807) is 18.4 Å². The zero-order valence-electron chi connectivity index (χ0n) is 21.7. The molecule has 1 N–H and O–H groups in total. The Bertz CT molecular complexity index is 1130. The summed E-state index contributed by atoms with van der Waals surface area (Å²) in [5, 5.41) is 5.84. The van der Waals surface area contributed by atoms with Gasteiger partial charge < -0.3 is 24.1 Å². The van der Waals surface area contributed by atoms with Crippen molar-refractivity contribution in [3.63, 3.8) is 0 Å². The van der Waals surface area contributed by atoms with Crippen LogP contribution in [0.1, 0.15) is 63.1 Å². The van der Waals surface area contributed by atoms with Gasteiger partial charge in [0.15, 0.2) is 5.75 Å². The first kappa shape index (κ1) is 26.1. The first-order chi connectivity index (χ1) is 17.5. The molecular formula is C28H37N3O4S. The van der Waals surface area contributed by atoms with E-state index in [0.29, 0.717) is 18.3 Å². The molecule has 4 rings (SSSR count). The molecule has 1 fully saturated rings. The molecule has 8 heteroatoms. The van der Waals surface area contributed by atoms with Crippen LogP contribution >= 0.6 is 11.3 Å². The van der Waals surface area contributed by atoms with Crippen LogP contribution in [0.4, 0.5) is 4.79 Å². The number of carbonyl (C=O) groups is 1. The fraction of sp³-hybridized carbons (Fsp3) is 0.500. The number of thiazole rings is 1. The quantitative estimate of drug-likeness (QED) is 0.318. The Morgan fingerprint density at radius 2 is 1.92 bits per heavy atom. The standard InChI is InChI=1S/C28H37N3O4S/c1-5-19(2)29-28(32)35-26-15-25(31(20(26)3)16-21-9-7-6-8-10-21)24-18-36-27(30-24)17-34-23-13-11-22(33-4)12-14-23/h11-15,18-19,21H,5-10,16-17H2,1-4H3,(H,29,32). The number of rotatable bonds is 10. The van der Waals surface area contributed by atoms with Crippen molar-refractivity contribution >= 4 is 17.4 Å². The van der Waals surface area contributed by atoms with E-state index in [2.05, 4.69) is 15.3 Å². The number of hydrogen-bond donors (Lipinski definition) is 1. The Balaban J connectivity index is 1.53. The van der Waals surface area contributed by atoms with Gasteiger partial charge in [0.25, 0.3) is 0 Å². The number of ether oxygens (including phenoxy) is 3. The zero-order chi connectivity index (χ0) is 25.5. The summed E-state index contributed by atoms with van der Waals surface area (Å²) in [6.07, 6.45) is 6.79. The molecule has 1 unspecified atom stereocenters. The van der Waals surface area contributed by atoms with E-state index in [4.69, 9.17) is 19.2 Å². The summed E-state index contributed by atoms with van der Waals surface area (Å²) in [5.74, 6) is 2.78. The smallest absolute Gasteiger partial charge is 0.412 e. The number of nitrogens with zero attached hydrogens (tertiary/aromatic N) is 2. The maximum absolute atomic E-state index is 12.5. The highest BCUT2D eigenvalue weighted by molar-refractivity contribution is 7.09. The minimum absolute atomic E-state index is 0.0633. The first-order valence-corrected chi connectivity index (χ1v) is 13.7. The second-order valence-electron chi connectivity index (χ2n) is 9.53. The van der Waals surface area contributed by atoms with Crippen LogP contribution in [-0.2, 0) is 13.2 Å². The maximum Gasteiger partial charge on any atom is 0.412 e. The third kappa shape index (κ3) is 6.60. The monoisotopic (exact) mass is 511 g/mol. The predicted molar refractivity (Wildman–Crippen MR) is 143 cm³/mol. The van der Waals surface area contributed by atoms with Crippen molar-refractivity contribution in [2.24, 2.45) is 5.92 Å². The number of carbonyl (C=O) groups excluding carboxylic acids is 1. The second kappa shape index (κ2) is 12.3. The molecule has 0 radical (unpaired) electrons. The molecule has 1 saturated carbocycles. The Hall–Kier alpha value is -3.00. The lowest BCUT2D eigenvalue weighted by Crippen LogP contribution is -2.34. The number of amides is 1. The molecule has 1 atom stereocenters. The lowest BCUT2D eigenvalue weighted by atomic mass is 9.89. The van der Waals surface area contributed by atoms with Crippen molar-refractivity contribution in [2.45, 2.75) is 78.5 Å². The number of aromatic nitrogens is 2. The van der Waals surface area contributed by atoms with Crippen molar-refractivity contribution in [1.82, 2.24) is 14.9 Å². The van der Waals surface area contributed by atoms with Crippen LogP contribution in [0.15, 0.2) is 35.7 Å². The number of hydrogen-bond acceptors (Lipinski definition) is 6. The van der Waals surface area contributed by atoms with Gasteiger partial charge in [-0.3, -0.25) is 0 Å². The number of benzene rings is 1. The van der Waals surface area contributed by atoms with E-state index < -0.39 is 6.09 Å². The molecule has 194 valence electrons. The molecule has 0 aliphatic heterocycles. The molecule has 7 nitrogen and oxygen atoms in total. The van der Waals surface area contributed by atoms with Crippen LogP contribution in [0, 0.1) is 12.8 Å². The number of nitrogens with one attached hydrogen (secondary N) is 1. The SMILES string of the molecule is CCC(C)NC(=O)Oc1cc(-c2csc(COc3ccc(OC)cc3)n2)n(CC2CCCCC2)c1C. The third-order valence-electron chi connectivity index (χ3n) is 6.90. The molecule has 0 spiro atoms. The Morgan fingerprint density at radius 1 is 1.19 bits per heavy atom. The molecule has 1 amide bonds. The summed E-state index contributed by atoms with van der Waals surface area (Å²) < 4.78 is 19.2. The highest BCUT2D eigenvalue weighted by Gasteiger charge is 2.23.